The Bertz CT molecular complexity index is 950. The number of methoxy groups -OCH3 is 1. The molecule has 1 fully saturated rings. The molecule has 0 aliphatic carbocycles. The van der Waals surface area contributed by atoms with Crippen LogP contribution in [0.2, 0.25) is 0 Å². The molecule has 2 heterocycles. The summed E-state index contributed by atoms with van der Waals surface area (Å²) in [6.45, 7) is 7.69. The third kappa shape index (κ3) is 4.00. The molecule has 2 aliphatic rings. The Kier molecular flexibility index (Phi) is 5.32. The van der Waals surface area contributed by atoms with Gasteiger partial charge in [-0.2, -0.15) is 0 Å². The predicted octanol–water partition coefficient (Wildman–Crippen LogP) is 4.88. The van der Waals surface area contributed by atoms with Crippen LogP contribution in [0.15, 0.2) is 69.5 Å². The normalized spacial score (nSPS) is 19.6. The maximum atomic E-state index is 9.96. The minimum Gasteiger partial charge on any atom is -0.504 e. The van der Waals surface area contributed by atoms with E-state index < -0.39 is 0 Å². The van der Waals surface area contributed by atoms with Gasteiger partial charge in [0.25, 0.3) is 0 Å². The van der Waals surface area contributed by atoms with Crippen LogP contribution in [0.1, 0.15) is 32.8 Å². The summed E-state index contributed by atoms with van der Waals surface area (Å²) in [6, 6.07) is 15.8. The van der Waals surface area contributed by atoms with Crippen molar-refractivity contribution in [1.82, 2.24) is 10.0 Å². The van der Waals surface area contributed by atoms with E-state index in [0.717, 1.165) is 29.3 Å². The molecule has 5 nitrogen and oxygen atoms in total. The van der Waals surface area contributed by atoms with Gasteiger partial charge < -0.3 is 9.84 Å². The van der Waals surface area contributed by atoms with Crippen molar-refractivity contribution in [2.24, 2.45) is 4.99 Å². The van der Waals surface area contributed by atoms with Crippen LogP contribution in [0.25, 0.3) is 0 Å². The zero-order valence-electron chi connectivity index (χ0n) is 17.3. The number of fused-ring (bicyclic) bond motifs is 1. The molecular formula is C23H27N3O2S. The van der Waals surface area contributed by atoms with E-state index in [0.29, 0.717) is 5.75 Å². The van der Waals surface area contributed by atoms with Crippen LogP contribution < -0.4 is 4.74 Å². The summed E-state index contributed by atoms with van der Waals surface area (Å²) in [5.41, 5.74) is 1.87. The molecule has 6 heteroatoms. The van der Waals surface area contributed by atoms with Gasteiger partial charge in [0.1, 0.15) is 6.17 Å². The van der Waals surface area contributed by atoms with Gasteiger partial charge in [-0.05, 0) is 57.2 Å². The summed E-state index contributed by atoms with van der Waals surface area (Å²) in [5, 5.41) is 15.9. The highest BCUT2D eigenvalue weighted by atomic mass is 32.2. The Morgan fingerprint density at radius 1 is 1.14 bits per heavy atom. The smallest absolute Gasteiger partial charge is 0.161 e. The maximum absolute atomic E-state index is 9.96. The van der Waals surface area contributed by atoms with Crippen LogP contribution >= 0.6 is 11.8 Å². The fraction of sp³-hybridized carbons (Fsp3) is 0.348. The number of hydrogen-bond acceptors (Lipinski definition) is 6. The SMILES string of the molecule is COc1cc(C2=NC3CCN(C(C)(C)C)N3C(Sc3ccccc3)=C2)ccc1O. The third-order valence-electron chi connectivity index (χ3n) is 5.13. The minimum atomic E-state index is 0.0138. The molecular weight excluding hydrogens is 382 g/mol. The van der Waals surface area contributed by atoms with E-state index in [2.05, 4.69) is 61.1 Å². The van der Waals surface area contributed by atoms with Gasteiger partial charge in [-0.3, -0.25) is 10.0 Å². The Morgan fingerprint density at radius 2 is 1.90 bits per heavy atom. The van der Waals surface area contributed by atoms with Crippen LogP contribution in [0, 0.1) is 0 Å². The van der Waals surface area contributed by atoms with Crippen LogP contribution in [-0.2, 0) is 0 Å². The largest absolute Gasteiger partial charge is 0.504 e. The Hall–Kier alpha value is -2.44. The molecule has 1 saturated heterocycles. The molecule has 4 rings (SSSR count). The van der Waals surface area contributed by atoms with E-state index in [1.807, 2.05) is 18.2 Å². The van der Waals surface area contributed by atoms with E-state index in [4.69, 9.17) is 9.73 Å². The molecule has 1 N–H and O–H groups in total. The number of allylic oxidation sites excluding steroid dienone is 1. The number of phenolic OH excluding ortho intramolecular Hbond substituents is 1. The highest BCUT2D eigenvalue weighted by molar-refractivity contribution is 8.03. The van der Waals surface area contributed by atoms with Crippen molar-refractivity contribution in [3.8, 4) is 11.5 Å². The van der Waals surface area contributed by atoms with E-state index in [1.54, 1.807) is 24.9 Å². The lowest BCUT2D eigenvalue weighted by molar-refractivity contribution is -0.0324. The first kappa shape index (κ1) is 19.9. The second kappa shape index (κ2) is 7.76. The molecule has 2 aromatic rings. The summed E-state index contributed by atoms with van der Waals surface area (Å²) in [6.07, 6.45) is 3.19. The third-order valence-corrected chi connectivity index (χ3v) is 6.15. The topological polar surface area (TPSA) is 48.3 Å². The van der Waals surface area contributed by atoms with E-state index in [-0.39, 0.29) is 17.5 Å². The predicted molar refractivity (Wildman–Crippen MR) is 118 cm³/mol. The average Bonchev–Trinajstić information content (AvgIpc) is 3.14. The highest BCUT2D eigenvalue weighted by Crippen LogP contribution is 2.41. The Morgan fingerprint density at radius 3 is 2.59 bits per heavy atom. The van der Waals surface area contributed by atoms with Gasteiger partial charge in [0.2, 0.25) is 0 Å². The monoisotopic (exact) mass is 409 g/mol. The van der Waals surface area contributed by atoms with Gasteiger partial charge >= 0.3 is 0 Å². The summed E-state index contributed by atoms with van der Waals surface area (Å²) < 4.78 is 5.30. The first-order valence-corrected chi connectivity index (χ1v) is 10.6. The summed E-state index contributed by atoms with van der Waals surface area (Å²) in [4.78, 5) is 6.25. The summed E-state index contributed by atoms with van der Waals surface area (Å²) >= 11 is 1.76. The number of benzene rings is 2. The first-order chi connectivity index (χ1) is 13.9. The molecule has 1 unspecified atom stereocenters. The van der Waals surface area contributed by atoms with Gasteiger partial charge in [-0.15, -0.1) is 0 Å². The highest BCUT2D eigenvalue weighted by Gasteiger charge is 2.41. The molecule has 152 valence electrons. The lowest BCUT2D eigenvalue weighted by atomic mass is 10.1. The standard InChI is InChI=1S/C23H27N3O2S/c1-23(2,3)25-13-12-21-24-18(16-10-11-19(27)20(14-16)28-4)15-22(26(21)25)29-17-8-6-5-7-9-17/h5-11,14-15,21,27H,12-13H2,1-4H3. The zero-order chi connectivity index (χ0) is 20.6. The average molecular weight is 410 g/mol. The molecule has 0 bridgehead atoms. The van der Waals surface area contributed by atoms with Crippen LogP contribution in [0.4, 0.5) is 0 Å². The van der Waals surface area contributed by atoms with Gasteiger partial charge in [-0.25, -0.2) is 5.01 Å². The number of ether oxygens (including phenoxy) is 1. The molecule has 2 aromatic carbocycles. The van der Waals surface area contributed by atoms with Crippen molar-refractivity contribution < 1.29 is 9.84 Å². The number of phenols is 1. The van der Waals surface area contributed by atoms with Gasteiger partial charge in [0.05, 0.1) is 17.9 Å². The second-order valence-corrected chi connectivity index (χ2v) is 9.30. The number of hydrazine groups is 1. The molecule has 0 spiro atoms. The van der Waals surface area contributed by atoms with Crippen molar-refractivity contribution in [3.05, 3.63) is 65.2 Å². The molecule has 0 saturated carbocycles. The van der Waals surface area contributed by atoms with Crippen LogP contribution in [-0.4, -0.2) is 46.2 Å². The Balaban J connectivity index is 1.75. The van der Waals surface area contributed by atoms with Gasteiger partial charge in [0.15, 0.2) is 11.5 Å². The minimum absolute atomic E-state index is 0.0138. The fourth-order valence-corrected chi connectivity index (χ4v) is 4.75. The number of thioether (sulfide) groups is 1. The van der Waals surface area contributed by atoms with Crippen molar-refractivity contribution in [2.45, 2.75) is 43.8 Å². The van der Waals surface area contributed by atoms with E-state index in [9.17, 15) is 5.11 Å². The first-order valence-electron chi connectivity index (χ1n) is 9.83. The zero-order valence-corrected chi connectivity index (χ0v) is 18.1. The summed E-state index contributed by atoms with van der Waals surface area (Å²) in [7, 11) is 1.56. The van der Waals surface area contributed by atoms with Crippen molar-refractivity contribution >= 4 is 17.5 Å². The molecule has 0 amide bonds. The van der Waals surface area contributed by atoms with Crippen molar-refractivity contribution in [2.75, 3.05) is 13.7 Å². The van der Waals surface area contributed by atoms with Gasteiger partial charge in [-0.1, -0.05) is 30.0 Å². The van der Waals surface area contributed by atoms with Crippen molar-refractivity contribution in [1.29, 1.82) is 0 Å². The second-order valence-electron chi connectivity index (χ2n) is 8.21. The quantitative estimate of drug-likeness (QED) is 0.780. The fourth-order valence-electron chi connectivity index (χ4n) is 3.73. The molecule has 29 heavy (non-hydrogen) atoms. The maximum Gasteiger partial charge on any atom is 0.161 e. The van der Waals surface area contributed by atoms with Crippen LogP contribution in [0.5, 0.6) is 11.5 Å². The number of nitrogens with zero attached hydrogens (tertiary/aromatic N) is 3. The van der Waals surface area contributed by atoms with Crippen molar-refractivity contribution in [3.63, 3.8) is 0 Å². The number of aliphatic imine (C=N–C) groups is 1. The van der Waals surface area contributed by atoms with E-state index >= 15 is 0 Å². The number of rotatable bonds is 4. The lowest BCUT2D eigenvalue weighted by Crippen LogP contribution is -2.50. The number of hydrogen-bond donors (Lipinski definition) is 1. The van der Waals surface area contributed by atoms with Crippen LogP contribution in [0.3, 0.4) is 0 Å². The molecule has 2 aliphatic heterocycles. The molecule has 0 radical (unpaired) electrons. The van der Waals surface area contributed by atoms with E-state index in [1.165, 1.54) is 4.90 Å². The number of aromatic hydroxyl groups is 1. The molecule has 1 atom stereocenters. The lowest BCUT2D eigenvalue weighted by Gasteiger charge is -2.43. The van der Waals surface area contributed by atoms with Gasteiger partial charge in [0, 0.05) is 29.0 Å². The summed E-state index contributed by atoms with van der Waals surface area (Å²) in [5.74, 6) is 0.595. The Labute approximate surface area is 176 Å². The molecule has 0 aromatic heterocycles.